The number of halogens is 1. The molecule has 0 heterocycles. The molecule has 0 aromatic rings. The molecule has 0 fully saturated rings. The quantitative estimate of drug-likeness (QED) is 0.471. The third kappa shape index (κ3) is 6.98. The summed E-state index contributed by atoms with van der Waals surface area (Å²) in [6.45, 7) is 8.07. The standard InChI is InChI=1S/C10H23BrO2Si/c1-4-7-10-14(11,12-8-5-2)13-9-6-3/h4-10H2,1-3H3. The fourth-order valence-electron chi connectivity index (χ4n) is 1.08. The SMILES string of the molecule is CCCC[Si](Br)(OCCC)OCCC. The minimum absolute atomic E-state index is 0.810. The molecule has 0 aromatic heterocycles. The van der Waals surface area contributed by atoms with Crippen LogP contribution in [0, 0.1) is 0 Å². The van der Waals surface area contributed by atoms with E-state index in [2.05, 4.69) is 36.1 Å². The van der Waals surface area contributed by atoms with E-state index in [0.29, 0.717) is 0 Å². The second kappa shape index (κ2) is 8.89. The Balaban J connectivity index is 3.89. The first-order chi connectivity index (χ1) is 6.68. The molecule has 0 rings (SSSR count). The summed E-state index contributed by atoms with van der Waals surface area (Å²) in [6.07, 6.45) is 4.50. The molecule has 0 bridgehead atoms. The van der Waals surface area contributed by atoms with Crippen LogP contribution in [0.5, 0.6) is 0 Å². The maximum absolute atomic E-state index is 5.82. The number of hydrogen-bond acceptors (Lipinski definition) is 2. The van der Waals surface area contributed by atoms with Crippen molar-refractivity contribution in [3.05, 3.63) is 0 Å². The highest BCUT2D eigenvalue weighted by atomic mass is 79.9. The zero-order valence-corrected chi connectivity index (χ0v) is 12.2. The Morgan fingerprint density at radius 2 is 1.43 bits per heavy atom. The number of hydrogen-bond donors (Lipinski definition) is 0. The Morgan fingerprint density at radius 3 is 1.79 bits per heavy atom. The molecule has 0 aliphatic heterocycles. The van der Waals surface area contributed by atoms with Crippen molar-refractivity contribution >= 4 is 22.5 Å². The summed E-state index contributed by atoms with van der Waals surface area (Å²) in [7, 11) is -2.00. The average molecular weight is 283 g/mol. The highest BCUT2D eigenvalue weighted by Crippen LogP contribution is 2.24. The van der Waals surface area contributed by atoms with Crippen LogP contribution in [0.15, 0.2) is 0 Å². The van der Waals surface area contributed by atoms with Crippen LogP contribution in [0.25, 0.3) is 0 Å². The van der Waals surface area contributed by atoms with E-state index in [4.69, 9.17) is 8.85 Å². The Bertz CT molecular complexity index is 112. The van der Waals surface area contributed by atoms with E-state index in [9.17, 15) is 0 Å². The second-order valence-electron chi connectivity index (χ2n) is 3.46. The molecular formula is C10H23BrO2Si. The van der Waals surface area contributed by atoms with Gasteiger partial charge in [0, 0.05) is 19.3 Å². The number of rotatable bonds is 9. The normalized spacial score (nSPS) is 12.0. The van der Waals surface area contributed by atoms with E-state index in [1.807, 2.05) is 0 Å². The highest BCUT2D eigenvalue weighted by Gasteiger charge is 2.33. The lowest BCUT2D eigenvalue weighted by atomic mass is 10.4. The van der Waals surface area contributed by atoms with Gasteiger partial charge in [0.05, 0.1) is 0 Å². The zero-order valence-electron chi connectivity index (χ0n) is 9.64. The van der Waals surface area contributed by atoms with Crippen LogP contribution in [0.4, 0.5) is 0 Å². The van der Waals surface area contributed by atoms with Crippen molar-refractivity contribution in [1.29, 1.82) is 0 Å². The van der Waals surface area contributed by atoms with E-state index >= 15 is 0 Å². The van der Waals surface area contributed by atoms with Crippen molar-refractivity contribution < 1.29 is 8.85 Å². The molecule has 4 heteroatoms. The third-order valence-electron chi connectivity index (χ3n) is 1.87. The van der Waals surface area contributed by atoms with Gasteiger partial charge in [-0.3, -0.25) is 0 Å². The van der Waals surface area contributed by atoms with Crippen molar-refractivity contribution in [2.24, 2.45) is 0 Å². The molecule has 0 N–H and O–H groups in total. The lowest BCUT2D eigenvalue weighted by Crippen LogP contribution is -2.36. The molecule has 0 saturated heterocycles. The van der Waals surface area contributed by atoms with E-state index in [1.54, 1.807) is 0 Å². The molecule has 0 unspecified atom stereocenters. The minimum Gasteiger partial charge on any atom is -0.386 e. The summed E-state index contributed by atoms with van der Waals surface area (Å²) in [5, 5.41) is 0. The van der Waals surface area contributed by atoms with Gasteiger partial charge < -0.3 is 8.85 Å². The lowest BCUT2D eigenvalue weighted by molar-refractivity contribution is 0.189. The first kappa shape index (κ1) is 14.6. The lowest BCUT2D eigenvalue weighted by Gasteiger charge is -2.24. The van der Waals surface area contributed by atoms with Crippen LogP contribution in [0.3, 0.4) is 0 Å². The molecule has 86 valence electrons. The Kier molecular flexibility index (Phi) is 9.28. The van der Waals surface area contributed by atoms with Gasteiger partial charge in [-0.05, 0) is 12.8 Å². The van der Waals surface area contributed by atoms with Gasteiger partial charge in [0.2, 0.25) is 0 Å². The Morgan fingerprint density at radius 1 is 0.929 bits per heavy atom. The van der Waals surface area contributed by atoms with Crippen LogP contribution < -0.4 is 0 Å². The molecule has 0 radical (unpaired) electrons. The van der Waals surface area contributed by atoms with Crippen molar-refractivity contribution in [3.63, 3.8) is 0 Å². The van der Waals surface area contributed by atoms with Crippen molar-refractivity contribution in [2.75, 3.05) is 13.2 Å². The summed E-state index contributed by atoms with van der Waals surface area (Å²) < 4.78 is 11.6. The predicted molar refractivity (Wildman–Crippen MR) is 66.9 cm³/mol. The molecule has 0 aromatic carbocycles. The summed E-state index contributed by atoms with van der Waals surface area (Å²) in [5.74, 6) is 0. The third-order valence-corrected chi connectivity index (χ3v) is 6.66. The molecular weight excluding hydrogens is 260 g/mol. The van der Waals surface area contributed by atoms with Crippen molar-refractivity contribution in [2.45, 2.75) is 52.5 Å². The minimum atomic E-state index is -2.00. The first-order valence-corrected chi connectivity index (χ1v) is 9.93. The summed E-state index contributed by atoms with van der Waals surface area (Å²) >= 11 is 3.68. The van der Waals surface area contributed by atoms with Crippen LogP contribution in [0.1, 0.15) is 46.5 Å². The Labute approximate surface area is 97.2 Å². The van der Waals surface area contributed by atoms with E-state index < -0.39 is 7.18 Å². The maximum Gasteiger partial charge on any atom is 0.414 e. The molecule has 0 amide bonds. The van der Waals surface area contributed by atoms with Gasteiger partial charge in [0.25, 0.3) is 0 Å². The van der Waals surface area contributed by atoms with Gasteiger partial charge >= 0.3 is 7.18 Å². The van der Waals surface area contributed by atoms with Crippen LogP contribution in [-0.4, -0.2) is 20.4 Å². The van der Waals surface area contributed by atoms with Gasteiger partial charge in [-0.2, -0.15) is 0 Å². The summed E-state index contributed by atoms with van der Waals surface area (Å²) in [6, 6.07) is 1.06. The topological polar surface area (TPSA) is 18.5 Å². The molecule has 0 aliphatic rings. The fraction of sp³-hybridized carbons (Fsp3) is 1.00. The van der Waals surface area contributed by atoms with Crippen LogP contribution >= 0.6 is 15.3 Å². The van der Waals surface area contributed by atoms with Gasteiger partial charge in [-0.25, -0.2) is 0 Å². The van der Waals surface area contributed by atoms with Crippen molar-refractivity contribution in [3.8, 4) is 0 Å². The molecule has 2 nitrogen and oxygen atoms in total. The fourth-order valence-corrected chi connectivity index (χ4v) is 5.06. The van der Waals surface area contributed by atoms with Crippen LogP contribution in [-0.2, 0) is 8.85 Å². The number of unbranched alkanes of at least 4 members (excludes halogenated alkanes) is 1. The maximum atomic E-state index is 5.82. The monoisotopic (exact) mass is 282 g/mol. The molecule has 0 atom stereocenters. The summed E-state index contributed by atoms with van der Waals surface area (Å²) in [5.41, 5.74) is 0. The first-order valence-electron chi connectivity index (χ1n) is 5.65. The van der Waals surface area contributed by atoms with Gasteiger partial charge in [-0.15, -0.1) is 0 Å². The van der Waals surface area contributed by atoms with E-state index in [-0.39, 0.29) is 0 Å². The largest absolute Gasteiger partial charge is 0.414 e. The Hall–Kier alpha value is 0.617. The van der Waals surface area contributed by atoms with Gasteiger partial charge in [0.15, 0.2) is 0 Å². The average Bonchev–Trinajstić information content (AvgIpc) is 2.21. The van der Waals surface area contributed by atoms with Crippen LogP contribution in [0.2, 0.25) is 6.04 Å². The molecule has 0 spiro atoms. The summed E-state index contributed by atoms with van der Waals surface area (Å²) in [4.78, 5) is 0. The second-order valence-corrected chi connectivity index (χ2v) is 9.48. The van der Waals surface area contributed by atoms with Gasteiger partial charge in [0.1, 0.15) is 0 Å². The molecule has 0 aliphatic carbocycles. The predicted octanol–water partition coefficient (Wildman–Crippen LogP) is 3.97. The molecule has 0 saturated carbocycles. The molecule has 14 heavy (non-hydrogen) atoms. The highest BCUT2D eigenvalue weighted by molar-refractivity contribution is 9.25. The zero-order chi connectivity index (χ0) is 10.9. The van der Waals surface area contributed by atoms with E-state index in [1.165, 1.54) is 12.8 Å². The smallest absolute Gasteiger partial charge is 0.386 e. The van der Waals surface area contributed by atoms with Crippen molar-refractivity contribution in [1.82, 2.24) is 0 Å². The van der Waals surface area contributed by atoms with E-state index in [0.717, 1.165) is 32.1 Å². The van der Waals surface area contributed by atoms with Gasteiger partial charge in [-0.1, -0.05) is 48.9 Å².